The highest BCUT2D eigenvalue weighted by Gasteiger charge is 2.14. The molecule has 0 aliphatic carbocycles. The zero-order valence-electron chi connectivity index (χ0n) is 11.5. The fourth-order valence-electron chi connectivity index (χ4n) is 1.78. The number of nitro groups is 1. The number of aryl methyl sites for hydroxylation is 1. The monoisotopic (exact) mass is 290 g/mol. The van der Waals surface area contributed by atoms with Gasteiger partial charge in [-0.2, -0.15) is 0 Å². The van der Waals surface area contributed by atoms with E-state index in [1.54, 1.807) is 24.9 Å². The minimum atomic E-state index is -0.500. The van der Waals surface area contributed by atoms with Crippen molar-refractivity contribution >= 4 is 17.4 Å². The average molecular weight is 290 g/mol. The van der Waals surface area contributed by atoms with E-state index in [9.17, 15) is 14.9 Å². The molecule has 0 spiro atoms. The summed E-state index contributed by atoms with van der Waals surface area (Å²) in [6, 6.07) is 4.81. The van der Waals surface area contributed by atoms with E-state index in [0.717, 1.165) is 0 Å². The summed E-state index contributed by atoms with van der Waals surface area (Å²) in [7, 11) is 1.78. The molecule has 2 N–H and O–H groups in total. The van der Waals surface area contributed by atoms with Gasteiger partial charge in [0.25, 0.3) is 5.69 Å². The van der Waals surface area contributed by atoms with Gasteiger partial charge < -0.3 is 15.2 Å². The van der Waals surface area contributed by atoms with Crippen LogP contribution in [0.5, 0.6) is 0 Å². The Labute approximate surface area is 120 Å². The van der Waals surface area contributed by atoms with Gasteiger partial charge in [-0.05, 0) is 19.1 Å². The maximum Gasteiger partial charge on any atom is 0.319 e. The van der Waals surface area contributed by atoms with Gasteiger partial charge in [0.1, 0.15) is 6.33 Å². The van der Waals surface area contributed by atoms with Crippen molar-refractivity contribution in [1.29, 1.82) is 0 Å². The van der Waals surface area contributed by atoms with Crippen molar-refractivity contribution in [2.24, 2.45) is 7.05 Å². The summed E-state index contributed by atoms with van der Waals surface area (Å²) in [5.74, 6) is 0.619. The third-order valence-corrected chi connectivity index (χ3v) is 2.82. The van der Waals surface area contributed by atoms with Gasteiger partial charge in [0.05, 0.1) is 11.0 Å². The summed E-state index contributed by atoms with van der Waals surface area (Å²) < 4.78 is 1.71. The van der Waals surface area contributed by atoms with Crippen LogP contribution in [0.15, 0.2) is 30.6 Å². The van der Waals surface area contributed by atoms with E-state index in [1.165, 1.54) is 24.3 Å². The summed E-state index contributed by atoms with van der Waals surface area (Å²) in [6.07, 6.45) is 1.54. The van der Waals surface area contributed by atoms with Crippen LogP contribution >= 0.6 is 0 Å². The lowest BCUT2D eigenvalue weighted by Crippen LogP contribution is -2.32. The molecule has 1 aromatic heterocycles. The minimum absolute atomic E-state index is 0.0339. The Morgan fingerprint density at radius 1 is 1.38 bits per heavy atom. The van der Waals surface area contributed by atoms with Crippen molar-refractivity contribution in [2.45, 2.75) is 13.0 Å². The van der Waals surface area contributed by atoms with Gasteiger partial charge in [-0.15, -0.1) is 10.2 Å². The van der Waals surface area contributed by atoms with Gasteiger partial charge in [0.15, 0.2) is 5.82 Å². The Morgan fingerprint density at radius 2 is 2.05 bits per heavy atom. The number of anilines is 1. The predicted octanol–water partition coefficient (Wildman–Crippen LogP) is 1.61. The molecule has 9 nitrogen and oxygen atoms in total. The van der Waals surface area contributed by atoms with Crippen molar-refractivity contribution in [1.82, 2.24) is 20.1 Å². The molecule has 9 heteroatoms. The Bertz CT molecular complexity index is 651. The Hall–Kier alpha value is -2.97. The highest BCUT2D eigenvalue weighted by molar-refractivity contribution is 5.89. The number of benzene rings is 1. The quantitative estimate of drug-likeness (QED) is 0.655. The van der Waals surface area contributed by atoms with Gasteiger partial charge in [-0.25, -0.2) is 4.79 Å². The Morgan fingerprint density at radius 3 is 2.57 bits per heavy atom. The van der Waals surface area contributed by atoms with Crippen LogP contribution in [0, 0.1) is 10.1 Å². The van der Waals surface area contributed by atoms with Crippen molar-refractivity contribution < 1.29 is 9.72 Å². The third-order valence-electron chi connectivity index (χ3n) is 2.82. The van der Waals surface area contributed by atoms with E-state index in [-0.39, 0.29) is 11.7 Å². The van der Waals surface area contributed by atoms with Crippen LogP contribution in [-0.4, -0.2) is 25.7 Å². The molecule has 0 aliphatic rings. The van der Waals surface area contributed by atoms with Gasteiger partial charge in [0, 0.05) is 24.9 Å². The smallest absolute Gasteiger partial charge is 0.319 e. The summed E-state index contributed by atoms with van der Waals surface area (Å²) in [5.41, 5.74) is 0.427. The molecule has 0 unspecified atom stereocenters. The number of nitrogens with one attached hydrogen (secondary N) is 2. The van der Waals surface area contributed by atoms with Gasteiger partial charge in [-0.3, -0.25) is 10.1 Å². The maximum absolute atomic E-state index is 11.8. The molecule has 1 atom stereocenters. The largest absolute Gasteiger partial charge is 0.328 e. The molecule has 2 rings (SSSR count). The van der Waals surface area contributed by atoms with Crippen LogP contribution in [0.2, 0.25) is 0 Å². The van der Waals surface area contributed by atoms with E-state index < -0.39 is 11.0 Å². The molecule has 21 heavy (non-hydrogen) atoms. The number of hydrogen-bond acceptors (Lipinski definition) is 5. The molecule has 0 aliphatic heterocycles. The fourth-order valence-corrected chi connectivity index (χ4v) is 1.78. The van der Waals surface area contributed by atoms with Crippen LogP contribution in [0.4, 0.5) is 16.2 Å². The first-order valence-corrected chi connectivity index (χ1v) is 6.13. The lowest BCUT2D eigenvalue weighted by Gasteiger charge is -2.13. The number of nitrogens with zero attached hydrogens (tertiary/aromatic N) is 4. The lowest BCUT2D eigenvalue weighted by atomic mass is 10.3. The molecule has 0 saturated heterocycles. The minimum Gasteiger partial charge on any atom is -0.328 e. The number of non-ortho nitro benzene ring substituents is 1. The van der Waals surface area contributed by atoms with E-state index >= 15 is 0 Å². The number of hydrogen-bond donors (Lipinski definition) is 2. The average Bonchev–Trinajstić information content (AvgIpc) is 2.85. The first-order valence-electron chi connectivity index (χ1n) is 6.13. The predicted molar refractivity (Wildman–Crippen MR) is 74.7 cm³/mol. The van der Waals surface area contributed by atoms with Crippen molar-refractivity contribution in [2.75, 3.05) is 5.32 Å². The topological polar surface area (TPSA) is 115 Å². The van der Waals surface area contributed by atoms with Crippen LogP contribution in [0.3, 0.4) is 0 Å². The van der Waals surface area contributed by atoms with Crippen LogP contribution in [-0.2, 0) is 7.05 Å². The normalized spacial score (nSPS) is 11.7. The Kier molecular flexibility index (Phi) is 4.12. The molecule has 0 radical (unpaired) electrons. The second kappa shape index (κ2) is 5.99. The first-order chi connectivity index (χ1) is 9.97. The van der Waals surface area contributed by atoms with Gasteiger partial charge in [0.2, 0.25) is 0 Å². The lowest BCUT2D eigenvalue weighted by molar-refractivity contribution is -0.384. The summed E-state index contributed by atoms with van der Waals surface area (Å²) >= 11 is 0. The zero-order valence-corrected chi connectivity index (χ0v) is 11.5. The molecular weight excluding hydrogens is 276 g/mol. The second-order valence-electron chi connectivity index (χ2n) is 4.42. The zero-order chi connectivity index (χ0) is 15.4. The number of carbonyl (C=O) groups is 1. The number of carbonyl (C=O) groups excluding carboxylic acids is 1. The molecule has 110 valence electrons. The number of urea groups is 1. The maximum atomic E-state index is 11.8. The van der Waals surface area contributed by atoms with Gasteiger partial charge >= 0.3 is 6.03 Å². The Balaban J connectivity index is 1.95. The molecule has 1 aromatic carbocycles. The van der Waals surface area contributed by atoms with Crippen LogP contribution in [0.1, 0.15) is 18.8 Å². The molecule has 0 saturated carbocycles. The molecular formula is C12H14N6O3. The van der Waals surface area contributed by atoms with E-state index in [0.29, 0.717) is 11.5 Å². The molecule has 2 amide bonds. The third kappa shape index (κ3) is 3.53. The van der Waals surface area contributed by atoms with Crippen LogP contribution < -0.4 is 10.6 Å². The number of rotatable bonds is 4. The number of amides is 2. The standard InChI is InChI=1S/C12H14N6O3/c1-8(11-16-13-7-17(11)2)14-12(19)15-9-3-5-10(6-4-9)18(20)21/h3-8H,1-2H3,(H2,14,15,19)/t8-/m1/s1. The molecule has 0 bridgehead atoms. The van der Waals surface area contributed by atoms with E-state index in [4.69, 9.17) is 0 Å². The highest BCUT2D eigenvalue weighted by Crippen LogP contribution is 2.15. The molecule has 1 heterocycles. The van der Waals surface area contributed by atoms with Crippen molar-refractivity contribution in [3.05, 3.63) is 46.5 Å². The number of nitro benzene ring substituents is 1. The highest BCUT2D eigenvalue weighted by atomic mass is 16.6. The van der Waals surface area contributed by atoms with Gasteiger partial charge in [-0.1, -0.05) is 0 Å². The summed E-state index contributed by atoms with van der Waals surface area (Å²) in [5, 5.41) is 23.5. The van der Waals surface area contributed by atoms with Crippen LogP contribution in [0.25, 0.3) is 0 Å². The molecule has 0 fully saturated rings. The van der Waals surface area contributed by atoms with Crippen molar-refractivity contribution in [3.8, 4) is 0 Å². The summed E-state index contributed by atoms with van der Waals surface area (Å²) in [4.78, 5) is 21.9. The first kappa shape index (κ1) is 14.4. The van der Waals surface area contributed by atoms with E-state index in [1.807, 2.05) is 0 Å². The summed E-state index contributed by atoms with van der Waals surface area (Å²) in [6.45, 7) is 1.78. The van der Waals surface area contributed by atoms with E-state index in [2.05, 4.69) is 20.8 Å². The number of aromatic nitrogens is 3. The van der Waals surface area contributed by atoms with Crippen molar-refractivity contribution in [3.63, 3.8) is 0 Å². The fraction of sp³-hybridized carbons (Fsp3) is 0.250. The SMILES string of the molecule is C[C@@H](NC(=O)Nc1ccc([N+](=O)[O-])cc1)c1nncn1C. The second-order valence-corrected chi connectivity index (χ2v) is 4.42. The molecule has 2 aromatic rings.